The number of aryl methyl sites for hydroxylation is 2. The molecule has 0 radical (unpaired) electrons. The standard InChI is InChI=1S/C26H21N5O2S/c1-15-10-17(30-9-8-29-16(30)2)4-6-20(15)22-13-25-23(12-19(14-27)34-25)31(22)18-5-7-21(26(28)32)24(11-18)33-3/h4-13H,1-3H3,(H2,28,32). The minimum Gasteiger partial charge on any atom is -0.496 e. The summed E-state index contributed by atoms with van der Waals surface area (Å²) >= 11 is 1.45. The molecule has 2 N–H and O–H groups in total. The number of hydrogen-bond donors (Lipinski definition) is 1. The minimum atomic E-state index is -0.551. The van der Waals surface area contributed by atoms with E-state index in [2.05, 4.69) is 46.8 Å². The van der Waals surface area contributed by atoms with E-state index < -0.39 is 5.91 Å². The monoisotopic (exact) mass is 467 g/mol. The number of carbonyl (C=O) groups is 1. The third kappa shape index (κ3) is 3.43. The molecule has 0 spiro atoms. The van der Waals surface area contributed by atoms with Gasteiger partial charge in [-0.3, -0.25) is 4.79 Å². The molecule has 0 aliphatic carbocycles. The molecule has 3 aromatic heterocycles. The predicted molar refractivity (Wildman–Crippen MR) is 133 cm³/mol. The average molecular weight is 468 g/mol. The zero-order chi connectivity index (χ0) is 24.0. The molecule has 1 amide bonds. The Hall–Kier alpha value is -4.35. The van der Waals surface area contributed by atoms with Crippen molar-refractivity contribution < 1.29 is 9.53 Å². The minimum absolute atomic E-state index is 0.315. The molecule has 0 unspecified atom stereocenters. The van der Waals surface area contributed by atoms with Gasteiger partial charge in [-0.15, -0.1) is 11.3 Å². The van der Waals surface area contributed by atoms with Crippen molar-refractivity contribution in [1.82, 2.24) is 14.1 Å². The fraction of sp³-hybridized carbons (Fsp3) is 0.115. The van der Waals surface area contributed by atoms with Crippen molar-refractivity contribution in [2.75, 3.05) is 7.11 Å². The average Bonchev–Trinajstić information content (AvgIpc) is 3.52. The van der Waals surface area contributed by atoms with E-state index in [1.54, 1.807) is 18.3 Å². The Morgan fingerprint density at radius 2 is 1.91 bits per heavy atom. The molecule has 0 aliphatic heterocycles. The highest BCUT2D eigenvalue weighted by molar-refractivity contribution is 7.19. The van der Waals surface area contributed by atoms with Gasteiger partial charge in [0.15, 0.2) is 0 Å². The Labute approximate surface area is 200 Å². The van der Waals surface area contributed by atoms with E-state index in [1.807, 2.05) is 29.8 Å². The maximum Gasteiger partial charge on any atom is 0.252 e. The van der Waals surface area contributed by atoms with Crippen LogP contribution < -0.4 is 10.5 Å². The lowest BCUT2D eigenvalue weighted by Gasteiger charge is -2.16. The molecular weight excluding hydrogens is 446 g/mol. The van der Waals surface area contributed by atoms with Crippen molar-refractivity contribution in [3.05, 3.63) is 82.8 Å². The molecule has 8 heteroatoms. The molecule has 5 aromatic rings. The van der Waals surface area contributed by atoms with Crippen LogP contribution in [0.1, 0.15) is 26.6 Å². The van der Waals surface area contributed by atoms with Crippen LogP contribution in [0.2, 0.25) is 0 Å². The SMILES string of the molecule is COc1cc(-n2c(-c3ccc(-n4ccnc4C)cc3C)cc3sc(C#N)cc32)ccc1C(N)=O. The lowest BCUT2D eigenvalue weighted by atomic mass is 10.0. The topological polar surface area (TPSA) is 98.9 Å². The first-order valence-electron chi connectivity index (χ1n) is 10.6. The zero-order valence-electron chi connectivity index (χ0n) is 18.9. The number of nitrogens with two attached hydrogens (primary N) is 1. The van der Waals surface area contributed by atoms with E-state index in [-0.39, 0.29) is 0 Å². The van der Waals surface area contributed by atoms with Crippen molar-refractivity contribution in [1.29, 1.82) is 5.26 Å². The van der Waals surface area contributed by atoms with Gasteiger partial charge in [-0.25, -0.2) is 4.98 Å². The van der Waals surface area contributed by atoms with E-state index >= 15 is 0 Å². The highest BCUT2D eigenvalue weighted by atomic mass is 32.1. The van der Waals surface area contributed by atoms with Crippen LogP contribution >= 0.6 is 11.3 Å². The Balaban J connectivity index is 1.73. The normalized spacial score (nSPS) is 11.0. The number of carbonyl (C=O) groups excluding carboxylic acids is 1. The van der Waals surface area contributed by atoms with Gasteiger partial charge in [0.1, 0.15) is 22.5 Å². The van der Waals surface area contributed by atoms with Gasteiger partial charge in [0.2, 0.25) is 0 Å². The first kappa shape index (κ1) is 21.5. The zero-order valence-corrected chi connectivity index (χ0v) is 19.7. The Bertz CT molecular complexity index is 1620. The van der Waals surface area contributed by atoms with Gasteiger partial charge in [0, 0.05) is 35.4 Å². The number of nitrogens with zero attached hydrogens (tertiary/aromatic N) is 4. The van der Waals surface area contributed by atoms with Crippen LogP contribution in [0.15, 0.2) is 60.9 Å². The summed E-state index contributed by atoms with van der Waals surface area (Å²) in [6, 6.07) is 17.8. The first-order chi connectivity index (χ1) is 16.4. The molecule has 3 heterocycles. The number of benzene rings is 2. The van der Waals surface area contributed by atoms with Gasteiger partial charge in [0.05, 0.1) is 28.6 Å². The largest absolute Gasteiger partial charge is 0.496 e. The number of methoxy groups -OCH3 is 1. The number of aromatic nitrogens is 3. The van der Waals surface area contributed by atoms with Crippen LogP contribution in [-0.4, -0.2) is 27.1 Å². The van der Waals surface area contributed by atoms with E-state index in [9.17, 15) is 10.1 Å². The lowest BCUT2D eigenvalue weighted by Crippen LogP contribution is -2.12. The number of ether oxygens (including phenoxy) is 1. The summed E-state index contributed by atoms with van der Waals surface area (Å²) in [5.74, 6) is 0.766. The molecule has 0 bridgehead atoms. The quantitative estimate of drug-likeness (QED) is 0.387. The Morgan fingerprint density at radius 1 is 1.12 bits per heavy atom. The molecule has 7 nitrogen and oxygen atoms in total. The molecular formula is C26H21N5O2S. The molecule has 2 aromatic carbocycles. The third-order valence-corrected chi connectivity index (χ3v) is 6.87. The predicted octanol–water partition coefficient (Wildman–Crippen LogP) is 5.14. The molecule has 0 saturated carbocycles. The maximum atomic E-state index is 11.8. The summed E-state index contributed by atoms with van der Waals surface area (Å²) in [5.41, 5.74) is 11.7. The van der Waals surface area contributed by atoms with Crippen molar-refractivity contribution in [3.8, 4) is 34.5 Å². The van der Waals surface area contributed by atoms with Crippen molar-refractivity contribution in [3.63, 3.8) is 0 Å². The van der Waals surface area contributed by atoms with Gasteiger partial charge in [-0.05, 0) is 55.8 Å². The number of primary amides is 1. The number of hydrogen-bond acceptors (Lipinski definition) is 5. The van der Waals surface area contributed by atoms with Gasteiger partial charge < -0.3 is 19.6 Å². The lowest BCUT2D eigenvalue weighted by molar-refractivity contribution is 0.0997. The summed E-state index contributed by atoms with van der Waals surface area (Å²) in [5, 5.41) is 9.44. The van der Waals surface area contributed by atoms with E-state index in [1.165, 1.54) is 18.4 Å². The molecule has 168 valence electrons. The number of amides is 1. The molecule has 0 saturated heterocycles. The van der Waals surface area contributed by atoms with Crippen molar-refractivity contribution in [2.24, 2.45) is 5.73 Å². The van der Waals surface area contributed by atoms with Crippen LogP contribution in [0.5, 0.6) is 5.75 Å². The molecule has 0 atom stereocenters. The fourth-order valence-electron chi connectivity index (χ4n) is 4.28. The summed E-state index contributed by atoms with van der Waals surface area (Å²) in [7, 11) is 1.51. The van der Waals surface area contributed by atoms with Crippen LogP contribution in [0.25, 0.3) is 32.8 Å². The number of nitriles is 1. The van der Waals surface area contributed by atoms with Crippen molar-refractivity contribution in [2.45, 2.75) is 13.8 Å². The van der Waals surface area contributed by atoms with Crippen LogP contribution in [0, 0.1) is 25.2 Å². The van der Waals surface area contributed by atoms with Gasteiger partial charge in [0.25, 0.3) is 5.91 Å². The van der Waals surface area contributed by atoms with Gasteiger partial charge in [-0.2, -0.15) is 5.26 Å². The highest BCUT2D eigenvalue weighted by Crippen LogP contribution is 2.38. The maximum absolute atomic E-state index is 11.8. The smallest absolute Gasteiger partial charge is 0.252 e. The van der Waals surface area contributed by atoms with E-state index in [4.69, 9.17) is 10.5 Å². The van der Waals surface area contributed by atoms with E-state index in [0.717, 1.165) is 44.2 Å². The molecule has 5 rings (SSSR count). The van der Waals surface area contributed by atoms with Crippen LogP contribution in [0.4, 0.5) is 0 Å². The first-order valence-corrected chi connectivity index (χ1v) is 11.4. The molecule has 34 heavy (non-hydrogen) atoms. The van der Waals surface area contributed by atoms with Gasteiger partial charge >= 0.3 is 0 Å². The Kier molecular flexibility index (Phi) is 5.19. The fourth-order valence-corrected chi connectivity index (χ4v) is 5.16. The summed E-state index contributed by atoms with van der Waals surface area (Å²) in [4.78, 5) is 16.8. The molecule has 0 fully saturated rings. The second kappa shape index (κ2) is 8.21. The summed E-state index contributed by atoms with van der Waals surface area (Å²) in [6.07, 6.45) is 3.73. The summed E-state index contributed by atoms with van der Waals surface area (Å²) in [6.45, 7) is 4.05. The number of thiophene rings is 1. The van der Waals surface area contributed by atoms with Crippen LogP contribution in [-0.2, 0) is 0 Å². The molecule has 0 aliphatic rings. The third-order valence-electron chi connectivity index (χ3n) is 5.90. The van der Waals surface area contributed by atoms with Gasteiger partial charge in [-0.1, -0.05) is 6.07 Å². The second-order valence-corrected chi connectivity index (χ2v) is 9.01. The highest BCUT2D eigenvalue weighted by Gasteiger charge is 2.19. The number of rotatable bonds is 5. The van der Waals surface area contributed by atoms with Crippen molar-refractivity contribution >= 4 is 27.5 Å². The number of fused-ring (bicyclic) bond motifs is 1. The summed E-state index contributed by atoms with van der Waals surface area (Å²) < 4.78 is 10.6. The second-order valence-electron chi connectivity index (χ2n) is 7.93. The number of imidazole rings is 1. The van der Waals surface area contributed by atoms with Crippen LogP contribution in [0.3, 0.4) is 0 Å². The Morgan fingerprint density at radius 3 is 2.56 bits per heavy atom. The van der Waals surface area contributed by atoms with E-state index in [0.29, 0.717) is 16.2 Å².